The van der Waals surface area contributed by atoms with Crippen LogP contribution in [0.3, 0.4) is 0 Å². The van der Waals surface area contributed by atoms with Gasteiger partial charge in [-0.25, -0.2) is 8.42 Å². The molecular weight excluding hydrogens is 216 g/mol. The zero-order valence-corrected chi connectivity index (χ0v) is 9.63. The zero-order chi connectivity index (χ0) is 10.7. The van der Waals surface area contributed by atoms with E-state index in [0.29, 0.717) is 26.3 Å². The Bertz CT molecular complexity index is 298. The Morgan fingerprint density at radius 3 is 2.67 bits per heavy atom. The van der Waals surface area contributed by atoms with Gasteiger partial charge in [0.1, 0.15) is 0 Å². The fourth-order valence-electron chi connectivity index (χ4n) is 2.15. The second-order valence-electron chi connectivity index (χ2n) is 4.02. The van der Waals surface area contributed by atoms with Crippen LogP contribution in [0.4, 0.5) is 0 Å². The van der Waals surface area contributed by atoms with Crippen molar-refractivity contribution >= 4 is 10.0 Å². The molecular formula is C9H18N2O3S. The monoisotopic (exact) mass is 234 g/mol. The molecule has 0 aromatic heterocycles. The number of nitrogens with zero attached hydrogens (tertiary/aromatic N) is 1. The van der Waals surface area contributed by atoms with Gasteiger partial charge in [0.05, 0.1) is 5.75 Å². The first-order chi connectivity index (χ1) is 7.20. The van der Waals surface area contributed by atoms with Crippen LogP contribution in [-0.4, -0.2) is 57.4 Å². The van der Waals surface area contributed by atoms with Gasteiger partial charge in [0.2, 0.25) is 10.0 Å². The molecule has 0 aromatic rings. The lowest BCUT2D eigenvalue weighted by atomic mass is 10.1. The zero-order valence-electron chi connectivity index (χ0n) is 8.81. The standard InChI is InChI=1S/C9H18N2O3S/c12-15(13)8-4-10-3-5-11(15)9-1-6-14-7-2-9/h9-10H,1-8H2. The van der Waals surface area contributed by atoms with Crippen molar-refractivity contribution in [2.75, 3.05) is 38.6 Å². The first-order valence-electron chi connectivity index (χ1n) is 5.48. The largest absolute Gasteiger partial charge is 0.381 e. The summed E-state index contributed by atoms with van der Waals surface area (Å²) >= 11 is 0. The van der Waals surface area contributed by atoms with E-state index in [1.807, 2.05) is 0 Å². The average molecular weight is 234 g/mol. The lowest BCUT2D eigenvalue weighted by molar-refractivity contribution is 0.0591. The molecule has 2 rings (SSSR count). The number of hydrogen-bond donors (Lipinski definition) is 1. The summed E-state index contributed by atoms with van der Waals surface area (Å²) in [6.07, 6.45) is 1.67. The molecule has 0 bridgehead atoms. The van der Waals surface area contributed by atoms with Crippen LogP contribution in [0.5, 0.6) is 0 Å². The molecule has 0 aliphatic carbocycles. The van der Waals surface area contributed by atoms with Crippen molar-refractivity contribution in [2.24, 2.45) is 0 Å². The van der Waals surface area contributed by atoms with E-state index in [-0.39, 0.29) is 11.8 Å². The molecule has 2 aliphatic rings. The van der Waals surface area contributed by atoms with Crippen molar-refractivity contribution in [3.05, 3.63) is 0 Å². The van der Waals surface area contributed by atoms with Gasteiger partial charge in [-0.3, -0.25) is 0 Å². The maximum Gasteiger partial charge on any atom is 0.215 e. The van der Waals surface area contributed by atoms with Crippen LogP contribution >= 0.6 is 0 Å². The van der Waals surface area contributed by atoms with Crippen LogP contribution in [0.15, 0.2) is 0 Å². The number of hydrogen-bond acceptors (Lipinski definition) is 4. The smallest absolute Gasteiger partial charge is 0.215 e. The highest BCUT2D eigenvalue weighted by molar-refractivity contribution is 7.89. The van der Waals surface area contributed by atoms with Gasteiger partial charge in [0.15, 0.2) is 0 Å². The third-order valence-corrected chi connectivity index (χ3v) is 4.92. The van der Waals surface area contributed by atoms with Gasteiger partial charge in [-0.15, -0.1) is 0 Å². The summed E-state index contributed by atoms with van der Waals surface area (Å²) in [6.45, 7) is 3.31. The summed E-state index contributed by atoms with van der Waals surface area (Å²) in [6, 6.07) is 0.156. The highest BCUT2D eigenvalue weighted by atomic mass is 32.2. The minimum atomic E-state index is -3.04. The van der Waals surface area contributed by atoms with Gasteiger partial charge < -0.3 is 10.1 Å². The van der Waals surface area contributed by atoms with Gasteiger partial charge in [-0.2, -0.15) is 4.31 Å². The van der Waals surface area contributed by atoms with E-state index < -0.39 is 10.0 Å². The lowest BCUT2D eigenvalue weighted by Crippen LogP contribution is -2.44. The summed E-state index contributed by atoms with van der Waals surface area (Å²) in [4.78, 5) is 0. The lowest BCUT2D eigenvalue weighted by Gasteiger charge is -2.32. The molecule has 0 amide bonds. The molecule has 0 radical (unpaired) electrons. The normalized spacial score (nSPS) is 29.9. The number of rotatable bonds is 1. The Kier molecular flexibility index (Phi) is 3.60. The van der Waals surface area contributed by atoms with Crippen LogP contribution in [-0.2, 0) is 14.8 Å². The average Bonchev–Trinajstić information content (AvgIpc) is 2.40. The first-order valence-corrected chi connectivity index (χ1v) is 7.09. The van der Waals surface area contributed by atoms with Gasteiger partial charge in [-0.1, -0.05) is 0 Å². The third kappa shape index (κ3) is 2.69. The Morgan fingerprint density at radius 2 is 1.93 bits per heavy atom. The predicted molar refractivity (Wildman–Crippen MR) is 57.2 cm³/mol. The fraction of sp³-hybridized carbons (Fsp3) is 1.00. The molecule has 1 N–H and O–H groups in total. The number of ether oxygens (including phenoxy) is 1. The first kappa shape index (κ1) is 11.3. The minimum Gasteiger partial charge on any atom is -0.381 e. The second kappa shape index (κ2) is 4.78. The Labute approximate surface area is 90.8 Å². The quantitative estimate of drug-likeness (QED) is 0.658. The number of sulfonamides is 1. The van der Waals surface area contributed by atoms with Gasteiger partial charge >= 0.3 is 0 Å². The second-order valence-corrected chi connectivity index (χ2v) is 6.06. The Morgan fingerprint density at radius 1 is 1.20 bits per heavy atom. The molecule has 2 heterocycles. The fourth-order valence-corrected chi connectivity index (χ4v) is 3.83. The Balaban J connectivity index is 2.09. The molecule has 2 aliphatic heterocycles. The molecule has 5 nitrogen and oxygen atoms in total. The van der Waals surface area contributed by atoms with E-state index in [0.717, 1.165) is 19.4 Å². The molecule has 0 aromatic carbocycles. The molecule has 2 fully saturated rings. The predicted octanol–water partition coefficient (Wildman–Crippen LogP) is -0.600. The number of nitrogens with one attached hydrogen (secondary N) is 1. The molecule has 0 atom stereocenters. The van der Waals surface area contributed by atoms with Crippen molar-refractivity contribution < 1.29 is 13.2 Å². The van der Waals surface area contributed by atoms with Gasteiger partial charge in [0.25, 0.3) is 0 Å². The van der Waals surface area contributed by atoms with E-state index in [4.69, 9.17) is 4.74 Å². The Hall–Kier alpha value is -0.170. The van der Waals surface area contributed by atoms with Gasteiger partial charge in [0, 0.05) is 38.9 Å². The minimum absolute atomic E-state index is 0.156. The van der Waals surface area contributed by atoms with Crippen LogP contribution in [0, 0.1) is 0 Å². The van der Waals surface area contributed by atoms with E-state index >= 15 is 0 Å². The third-order valence-electron chi connectivity index (χ3n) is 3.00. The SMILES string of the molecule is O=S1(=O)CCNCCN1C1CCOCC1. The van der Waals surface area contributed by atoms with E-state index in [1.54, 1.807) is 4.31 Å². The highest BCUT2D eigenvalue weighted by Gasteiger charge is 2.31. The summed E-state index contributed by atoms with van der Waals surface area (Å²) in [5.74, 6) is 0.227. The molecule has 2 saturated heterocycles. The van der Waals surface area contributed by atoms with E-state index in [2.05, 4.69) is 5.32 Å². The highest BCUT2D eigenvalue weighted by Crippen LogP contribution is 2.18. The van der Waals surface area contributed by atoms with E-state index in [1.165, 1.54) is 0 Å². The van der Waals surface area contributed by atoms with Crippen molar-refractivity contribution in [1.29, 1.82) is 0 Å². The molecule has 0 unspecified atom stereocenters. The van der Waals surface area contributed by atoms with Crippen molar-refractivity contribution in [2.45, 2.75) is 18.9 Å². The maximum absolute atomic E-state index is 11.9. The van der Waals surface area contributed by atoms with E-state index in [9.17, 15) is 8.42 Å². The molecule has 15 heavy (non-hydrogen) atoms. The topological polar surface area (TPSA) is 58.6 Å². The van der Waals surface area contributed by atoms with Crippen molar-refractivity contribution in [1.82, 2.24) is 9.62 Å². The molecule has 88 valence electrons. The molecule has 0 saturated carbocycles. The maximum atomic E-state index is 11.9. The van der Waals surface area contributed by atoms with Crippen LogP contribution < -0.4 is 5.32 Å². The summed E-state index contributed by atoms with van der Waals surface area (Å²) < 4.78 is 30.8. The summed E-state index contributed by atoms with van der Waals surface area (Å²) in [5, 5.41) is 3.12. The van der Waals surface area contributed by atoms with Gasteiger partial charge in [-0.05, 0) is 12.8 Å². The van der Waals surface area contributed by atoms with Crippen LogP contribution in [0.1, 0.15) is 12.8 Å². The molecule has 0 spiro atoms. The summed E-state index contributed by atoms with van der Waals surface area (Å²) in [5.41, 5.74) is 0. The van der Waals surface area contributed by atoms with Crippen molar-refractivity contribution in [3.63, 3.8) is 0 Å². The van der Waals surface area contributed by atoms with Crippen LogP contribution in [0.2, 0.25) is 0 Å². The molecule has 6 heteroatoms. The van der Waals surface area contributed by atoms with Crippen molar-refractivity contribution in [3.8, 4) is 0 Å². The van der Waals surface area contributed by atoms with Crippen LogP contribution in [0.25, 0.3) is 0 Å². The summed E-state index contributed by atoms with van der Waals surface area (Å²) in [7, 11) is -3.04.